The minimum absolute atomic E-state index is 0.0621. The molecule has 1 N–H and O–H groups in total. The van der Waals surface area contributed by atoms with Crippen molar-refractivity contribution < 1.29 is 9.21 Å². The molecular weight excluding hydrogens is 424 g/mol. The first-order valence-electron chi connectivity index (χ1n) is 10.1. The summed E-state index contributed by atoms with van der Waals surface area (Å²) in [5, 5.41) is 19.6. The summed E-state index contributed by atoms with van der Waals surface area (Å²) in [5.74, 6) is 0.969. The van der Waals surface area contributed by atoms with Crippen LogP contribution in [0, 0.1) is 0 Å². The molecule has 0 aliphatic carbocycles. The highest BCUT2D eigenvalue weighted by molar-refractivity contribution is 7.99. The Morgan fingerprint density at radius 2 is 1.69 bits per heavy atom. The van der Waals surface area contributed by atoms with E-state index in [1.165, 1.54) is 17.3 Å². The molecule has 0 saturated carbocycles. The molecule has 0 bridgehead atoms. The molecule has 8 nitrogen and oxygen atoms in total. The van der Waals surface area contributed by atoms with Crippen molar-refractivity contribution in [3.05, 3.63) is 60.2 Å². The van der Waals surface area contributed by atoms with Crippen LogP contribution in [0.25, 0.3) is 22.8 Å². The fraction of sp³-hybridized carbons (Fsp3) is 0.261. The molecule has 2 heterocycles. The van der Waals surface area contributed by atoms with E-state index in [1.807, 2.05) is 54.1 Å². The van der Waals surface area contributed by atoms with Crippen LogP contribution in [0.4, 0.5) is 6.01 Å². The number of hydrogen-bond donors (Lipinski definition) is 1. The number of amides is 1. The average Bonchev–Trinajstić information content (AvgIpc) is 3.39. The number of nitrogens with one attached hydrogen (secondary N) is 1. The highest BCUT2D eigenvalue weighted by Crippen LogP contribution is 2.27. The molecule has 0 unspecified atom stereocenters. The van der Waals surface area contributed by atoms with Crippen LogP contribution < -0.4 is 5.32 Å². The minimum Gasteiger partial charge on any atom is -0.403 e. The molecule has 0 fully saturated rings. The highest BCUT2D eigenvalue weighted by Gasteiger charge is 2.17. The number of thioether (sulfide) groups is 1. The van der Waals surface area contributed by atoms with Crippen molar-refractivity contribution >= 4 is 23.7 Å². The van der Waals surface area contributed by atoms with Gasteiger partial charge in [-0.2, -0.15) is 0 Å². The molecule has 0 radical (unpaired) electrons. The summed E-state index contributed by atoms with van der Waals surface area (Å²) in [4.78, 5) is 12.3. The first-order chi connectivity index (χ1) is 15.3. The lowest BCUT2D eigenvalue weighted by Crippen LogP contribution is -2.14. The molecule has 4 rings (SSSR count). The lowest BCUT2D eigenvalue weighted by molar-refractivity contribution is -0.113. The Balaban J connectivity index is 1.37. The second-order valence-corrected chi connectivity index (χ2v) is 9.25. The van der Waals surface area contributed by atoms with Gasteiger partial charge in [-0.25, -0.2) is 0 Å². The third kappa shape index (κ3) is 4.88. The summed E-state index contributed by atoms with van der Waals surface area (Å²) < 4.78 is 7.39. The zero-order chi connectivity index (χ0) is 22.7. The number of nitrogens with zero attached hydrogens (tertiary/aromatic N) is 5. The van der Waals surface area contributed by atoms with Crippen LogP contribution in [0.15, 0.2) is 64.2 Å². The van der Waals surface area contributed by atoms with E-state index in [0.29, 0.717) is 11.0 Å². The van der Waals surface area contributed by atoms with Gasteiger partial charge in [0.25, 0.3) is 0 Å². The summed E-state index contributed by atoms with van der Waals surface area (Å²) in [6.07, 6.45) is 0. The smallest absolute Gasteiger partial charge is 0.322 e. The number of benzene rings is 2. The van der Waals surface area contributed by atoms with Gasteiger partial charge >= 0.3 is 6.01 Å². The summed E-state index contributed by atoms with van der Waals surface area (Å²) in [7, 11) is 1.89. The quantitative estimate of drug-likeness (QED) is 0.432. The number of rotatable bonds is 6. The van der Waals surface area contributed by atoms with Gasteiger partial charge in [-0.3, -0.25) is 10.1 Å². The van der Waals surface area contributed by atoms with Gasteiger partial charge in [0.15, 0.2) is 11.0 Å². The maximum absolute atomic E-state index is 12.3. The third-order valence-corrected chi connectivity index (χ3v) is 5.89. The molecule has 1 amide bonds. The first kappa shape index (κ1) is 21.8. The summed E-state index contributed by atoms with van der Waals surface area (Å²) >= 11 is 1.29. The number of aromatic nitrogens is 5. The van der Waals surface area contributed by atoms with Crippen molar-refractivity contribution in [3.8, 4) is 22.8 Å². The molecule has 4 aromatic rings. The Hall–Kier alpha value is -3.46. The van der Waals surface area contributed by atoms with E-state index in [0.717, 1.165) is 17.0 Å². The third-order valence-electron chi connectivity index (χ3n) is 4.87. The molecule has 0 spiro atoms. The van der Waals surface area contributed by atoms with Crippen molar-refractivity contribution in [1.29, 1.82) is 0 Å². The van der Waals surface area contributed by atoms with Gasteiger partial charge in [0.2, 0.25) is 11.8 Å². The van der Waals surface area contributed by atoms with Crippen LogP contribution in [0.2, 0.25) is 0 Å². The topological polar surface area (TPSA) is 98.7 Å². The standard InChI is InChI=1S/C23H24N6O2S/c1-23(2,3)17-12-10-15(11-13-17)19-25-28-22(29(19)4)32-14-18(30)24-21-27-26-20(31-21)16-8-6-5-7-9-16/h5-13H,14H2,1-4H3,(H,24,27,30). The Morgan fingerprint density at radius 3 is 2.38 bits per heavy atom. The van der Waals surface area contributed by atoms with Crippen LogP contribution in [-0.4, -0.2) is 36.6 Å². The fourth-order valence-corrected chi connectivity index (χ4v) is 3.78. The Morgan fingerprint density at radius 1 is 0.969 bits per heavy atom. The van der Waals surface area contributed by atoms with E-state index in [9.17, 15) is 4.79 Å². The number of carbonyl (C=O) groups excluding carboxylic acids is 1. The van der Waals surface area contributed by atoms with Gasteiger partial charge in [0.05, 0.1) is 5.75 Å². The molecule has 32 heavy (non-hydrogen) atoms. The number of anilines is 1. The second kappa shape index (κ2) is 8.96. The van der Waals surface area contributed by atoms with Crippen LogP contribution in [0.5, 0.6) is 0 Å². The maximum atomic E-state index is 12.3. The van der Waals surface area contributed by atoms with Crippen molar-refractivity contribution in [1.82, 2.24) is 25.0 Å². The Labute approximate surface area is 190 Å². The largest absolute Gasteiger partial charge is 0.403 e. The van der Waals surface area contributed by atoms with Crippen molar-refractivity contribution in [2.75, 3.05) is 11.1 Å². The van der Waals surface area contributed by atoms with E-state index >= 15 is 0 Å². The molecule has 0 aliphatic heterocycles. The second-order valence-electron chi connectivity index (χ2n) is 8.31. The van der Waals surface area contributed by atoms with E-state index in [-0.39, 0.29) is 23.1 Å². The zero-order valence-electron chi connectivity index (χ0n) is 18.4. The maximum Gasteiger partial charge on any atom is 0.322 e. The monoisotopic (exact) mass is 448 g/mol. The van der Waals surface area contributed by atoms with Crippen LogP contribution in [0.1, 0.15) is 26.3 Å². The predicted octanol–water partition coefficient (Wildman–Crippen LogP) is 4.56. The molecule has 0 atom stereocenters. The van der Waals surface area contributed by atoms with Gasteiger partial charge in [0.1, 0.15) is 0 Å². The molecule has 164 valence electrons. The van der Waals surface area contributed by atoms with Gasteiger partial charge in [-0.05, 0) is 23.1 Å². The van der Waals surface area contributed by atoms with Gasteiger partial charge in [0, 0.05) is 18.2 Å². The first-order valence-corrected chi connectivity index (χ1v) is 11.1. The minimum atomic E-state index is -0.266. The molecule has 9 heteroatoms. The molecular formula is C23H24N6O2S. The average molecular weight is 449 g/mol. The SMILES string of the molecule is Cn1c(SCC(=O)Nc2nnc(-c3ccccc3)o2)nnc1-c1ccc(C(C)(C)C)cc1. The highest BCUT2D eigenvalue weighted by atomic mass is 32.2. The van der Waals surface area contributed by atoms with Gasteiger partial charge < -0.3 is 8.98 Å². The molecule has 2 aromatic heterocycles. The van der Waals surface area contributed by atoms with E-state index in [2.05, 4.69) is 58.6 Å². The van der Waals surface area contributed by atoms with Gasteiger partial charge in [-0.15, -0.1) is 15.3 Å². The molecule has 2 aromatic carbocycles. The van der Waals surface area contributed by atoms with Gasteiger partial charge in [-0.1, -0.05) is 80.1 Å². The van der Waals surface area contributed by atoms with Crippen LogP contribution in [-0.2, 0) is 17.3 Å². The van der Waals surface area contributed by atoms with Crippen molar-refractivity contribution in [3.63, 3.8) is 0 Å². The van der Waals surface area contributed by atoms with Crippen molar-refractivity contribution in [2.24, 2.45) is 7.05 Å². The van der Waals surface area contributed by atoms with E-state index in [1.54, 1.807) is 0 Å². The normalized spacial score (nSPS) is 11.5. The zero-order valence-corrected chi connectivity index (χ0v) is 19.2. The summed E-state index contributed by atoms with van der Waals surface area (Å²) in [5.41, 5.74) is 3.11. The fourth-order valence-electron chi connectivity index (χ4n) is 3.07. The lowest BCUT2D eigenvalue weighted by atomic mass is 9.87. The number of carbonyl (C=O) groups is 1. The Kier molecular flexibility index (Phi) is 6.09. The van der Waals surface area contributed by atoms with E-state index in [4.69, 9.17) is 4.42 Å². The Bertz CT molecular complexity index is 1210. The van der Waals surface area contributed by atoms with Crippen molar-refractivity contribution in [2.45, 2.75) is 31.3 Å². The molecule has 0 saturated heterocycles. The van der Waals surface area contributed by atoms with Crippen LogP contribution in [0.3, 0.4) is 0 Å². The molecule has 0 aliphatic rings. The van der Waals surface area contributed by atoms with E-state index < -0.39 is 0 Å². The summed E-state index contributed by atoms with van der Waals surface area (Å²) in [6.45, 7) is 6.54. The predicted molar refractivity (Wildman–Crippen MR) is 124 cm³/mol. The number of hydrogen-bond acceptors (Lipinski definition) is 7. The van der Waals surface area contributed by atoms with Crippen LogP contribution >= 0.6 is 11.8 Å². The summed E-state index contributed by atoms with van der Waals surface area (Å²) in [6, 6.07) is 17.7. The lowest BCUT2D eigenvalue weighted by Gasteiger charge is -2.19.